The summed E-state index contributed by atoms with van der Waals surface area (Å²) in [5, 5.41) is 16.0. The van der Waals surface area contributed by atoms with Gasteiger partial charge in [-0.15, -0.1) is 0 Å². The van der Waals surface area contributed by atoms with Gasteiger partial charge in [-0.25, -0.2) is 9.78 Å². The van der Waals surface area contributed by atoms with Gasteiger partial charge < -0.3 is 20.3 Å². The summed E-state index contributed by atoms with van der Waals surface area (Å²) in [6.45, 7) is 4.37. The number of carbonyl (C=O) groups excluding carboxylic acids is 1. The number of urea groups is 1. The van der Waals surface area contributed by atoms with E-state index in [0.717, 1.165) is 5.56 Å². The number of aliphatic hydroxyl groups is 1. The average Bonchev–Trinajstić information content (AvgIpc) is 2.99. The number of carbonyl (C=O) groups is 1. The Morgan fingerprint density at radius 2 is 2.14 bits per heavy atom. The highest BCUT2D eigenvalue weighted by molar-refractivity contribution is 5.74. The van der Waals surface area contributed by atoms with Crippen LogP contribution in [0, 0.1) is 0 Å². The zero-order chi connectivity index (χ0) is 16.0. The van der Waals surface area contributed by atoms with Gasteiger partial charge in [0.2, 0.25) is 0 Å². The van der Waals surface area contributed by atoms with E-state index in [9.17, 15) is 9.90 Å². The second-order valence-corrected chi connectivity index (χ2v) is 5.63. The minimum atomic E-state index is -1.10. The number of nitrogens with one attached hydrogen (secondary N) is 2. The summed E-state index contributed by atoms with van der Waals surface area (Å²) < 4.78 is 1.89. The van der Waals surface area contributed by atoms with Crippen LogP contribution >= 0.6 is 0 Å². The lowest BCUT2D eigenvalue weighted by Crippen LogP contribution is -2.47. The van der Waals surface area contributed by atoms with Crippen LogP contribution in [-0.2, 0) is 12.1 Å². The molecule has 2 aromatic rings. The summed E-state index contributed by atoms with van der Waals surface area (Å²) in [5.41, 5.74) is -0.339. The first kappa shape index (κ1) is 16.0. The number of benzene rings is 1. The monoisotopic (exact) mass is 302 g/mol. The number of aromatic nitrogens is 2. The number of nitrogens with zero attached hydrogens (tertiary/aromatic N) is 2. The van der Waals surface area contributed by atoms with E-state index in [-0.39, 0.29) is 18.6 Å². The number of hydrogen-bond donors (Lipinski definition) is 3. The van der Waals surface area contributed by atoms with Gasteiger partial charge in [-0.1, -0.05) is 30.3 Å². The Morgan fingerprint density at radius 1 is 1.41 bits per heavy atom. The maximum atomic E-state index is 11.9. The van der Waals surface area contributed by atoms with E-state index in [1.807, 2.05) is 48.0 Å². The molecule has 2 unspecified atom stereocenters. The van der Waals surface area contributed by atoms with Crippen LogP contribution in [0.3, 0.4) is 0 Å². The lowest BCUT2D eigenvalue weighted by Gasteiger charge is -2.25. The largest absolute Gasteiger partial charge is 0.384 e. The van der Waals surface area contributed by atoms with Crippen LogP contribution in [-0.4, -0.2) is 33.3 Å². The molecule has 1 heterocycles. The van der Waals surface area contributed by atoms with Crippen LogP contribution in [0.1, 0.15) is 19.4 Å². The maximum Gasteiger partial charge on any atom is 0.315 e. The molecule has 118 valence electrons. The molecule has 6 heteroatoms. The molecule has 0 radical (unpaired) electrons. The zero-order valence-corrected chi connectivity index (χ0v) is 12.9. The fraction of sp³-hybridized carbons (Fsp3) is 0.375. The minimum Gasteiger partial charge on any atom is -0.384 e. The quantitative estimate of drug-likeness (QED) is 0.756. The first-order valence-corrected chi connectivity index (χ1v) is 7.25. The van der Waals surface area contributed by atoms with Gasteiger partial charge in [0, 0.05) is 25.0 Å². The van der Waals surface area contributed by atoms with Crippen molar-refractivity contribution in [2.24, 2.45) is 0 Å². The van der Waals surface area contributed by atoms with Crippen molar-refractivity contribution in [3.63, 3.8) is 0 Å². The van der Waals surface area contributed by atoms with Crippen molar-refractivity contribution in [3.05, 3.63) is 54.6 Å². The Kier molecular flexibility index (Phi) is 5.16. The van der Waals surface area contributed by atoms with Gasteiger partial charge in [-0.2, -0.15) is 0 Å². The standard InChI is InChI=1S/C16H22N4O2/c1-13(10-20-9-8-17-12-20)19-15(21)18-11-16(2,22)14-6-4-3-5-7-14/h3-9,12-13,22H,10-11H2,1-2H3,(H2,18,19,21). The smallest absolute Gasteiger partial charge is 0.315 e. The van der Waals surface area contributed by atoms with Crippen molar-refractivity contribution in [2.75, 3.05) is 6.54 Å². The third kappa shape index (κ3) is 4.60. The van der Waals surface area contributed by atoms with Gasteiger partial charge in [-0.3, -0.25) is 0 Å². The predicted octanol–water partition coefficient (Wildman–Crippen LogP) is 1.48. The maximum absolute atomic E-state index is 11.9. The molecule has 2 atom stereocenters. The summed E-state index contributed by atoms with van der Waals surface area (Å²) >= 11 is 0. The lowest BCUT2D eigenvalue weighted by molar-refractivity contribution is 0.0592. The summed E-state index contributed by atoms with van der Waals surface area (Å²) in [7, 11) is 0. The molecular formula is C16H22N4O2. The molecule has 2 amide bonds. The van der Waals surface area contributed by atoms with Gasteiger partial charge >= 0.3 is 6.03 Å². The van der Waals surface area contributed by atoms with Crippen molar-refractivity contribution in [1.82, 2.24) is 20.2 Å². The van der Waals surface area contributed by atoms with E-state index in [4.69, 9.17) is 0 Å². The molecule has 0 aliphatic heterocycles. The Hall–Kier alpha value is -2.34. The first-order chi connectivity index (χ1) is 10.5. The first-order valence-electron chi connectivity index (χ1n) is 7.25. The fourth-order valence-corrected chi connectivity index (χ4v) is 2.18. The van der Waals surface area contributed by atoms with Crippen LogP contribution < -0.4 is 10.6 Å². The van der Waals surface area contributed by atoms with Crippen molar-refractivity contribution in [2.45, 2.75) is 32.0 Å². The molecule has 3 N–H and O–H groups in total. The van der Waals surface area contributed by atoms with Crippen molar-refractivity contribution < 1.29 is 9.90 Å². The van der Waals surface area contributed by atoms with Crippen LogP contribution in [0.4, 0.5) is 4.79 Å². The van der Waals surface area contributed by atoms with Gasteiger partial charge in [0.15, 0.2) is 0 Å². The third-order valence-electron chi connectivity index (χ3n) is 3.41. The lowest BCUT2D eigenvalue weighted by atomic mass is 9.96. The van der Waals surface area contributed by atoms with E-state index in [1.165, 1.54) is 0 Å². The van der Waals surface area contributed by atoms with Crippen LogP contribution in [0.5, 0.6) is 0 Å². The van der Waals surface area contributed by atoms with Crippen LogP contribution in [0.25, 0.3) is 0 Å². The fourth-order valence-electron chi connectivity index (χ4n) is 2.18. The predicted molar refractivity (Wildman–Crippen MR) is 84.2 cm³/mol. The average molecular weight is 302 g/mol. The second kappa shape index (κ2) is 7.09. The SMILES string of the molecule is CC(Cn1ccnc1)NC(=O)NCC(C)(O)c1ccccc1. The van der Waals surface area contributed by atoms with Gasteiger partial charge in [0.05, 0.1) is 12.9 Å². The molecule has 2 rings (SSSR count). The number of amides is 2. The Bertz CT molecular complexity index is 581. The number of rotatable bonds is 6. The van der Waals surface area contributed by atoms with Crippen LogP contribution in [0.15, 0.2) is 49.1 Å². The highest BCUT2D eigenvalue weighted by Gasteiger charge is 2.23. The zero-order valence-electron chi connectivity index (χ0n) is 12.9. The van der Waals surface area contributed by atoms with Crippen molar-refractivity contribution in [3.8, 4) is 0 Å². The Morgan fingerprint density at radius 3 is 2.77 bits per heavy atom. The minimum absolute atomic E-state index is 0.0455. The van der Waals surface area contributed by atoms with Gasteiger partial charge in [0.25, 0.3) is 0 Å². The Labute approximate surface area is 130 Å². The molecule has 22 heavy (non-hydrogen) atoms. The van der Waals surface area contributed by atoms with Gasteiger partial charge in [0.1, 0.15) is 5.60 Å². The third-order valence-corrected chi connectivity index (χ3v) is 3.41. The number of hydrogen-bond acceptors (Lipinski definition) is 3. The highest BCUT2D eigenvalue weighted by atomic mass is 16.3. The molecule has 0 bridgehead atoms. The molecule has 0 saturated carbocycles. The summed E-state index contributed by atoms with van der Waals surface area (Å²) in [6, 6.07) is 8.92. The normalized spacial score (nSPS) is 14.9. The molecule has 0 saturated heterocycles. The van der Waals surface area contributed by atoms with Crippen molar-refractivity contribution in [1.29, 1.82) is 0 Å². The van der Waals surface area contributed by atoms with Gasteiger partial charge in [-0.05, 0) is 19.4 Å². The number of imidazole rings is 1. The molecule has 0 aliphatic rings. The molecule has 0 aliphatic carbocycles. The van der Waals surface area contributed by atoms with Crippen molar-refractivity contribution >= 4 is 6.03 Å². The summed E-state index contributed by atoms with van der Waals surface area (Å²) in [5.74, 6) is 0. The summed E-state index contributed by atoms with van der Waals surface area (Å²) in [4.78, 5) is 15.9. The van der Waals surface area contributed by atoms with E-state index in [2.05, 4.69) is 15.6 Å². The highest BCUT2D eigenvalue weighted by Crippen LogP contribution is 2.18. The van der Waals surface area contributed by atoms with E-state index < -0.39 is 5.60 Å². The molecule has 0 spiro atoms. The van der Waals surface area contributed by atoms with Crippen LogP contribution in [0.2, 0.25) is 0 Å². The Balaban J connectivity index is 1.79. The molecule has 1 aromatic heterocycles. The second-order valence-electron chi connectivity index (χ2n) is 5.63. The molecular weight excluding hydrogens is 280 g/mol. The topological polar surface area (TPSA) is 79.2 Å². The molecule has 1 aromatic carbocycles. The van der Waals surface area contributed by atoms with E-state index >= 15 is 0 Å². The summed E-state index contributed by atoms with van der Waals surface area (Å²) in [6.07, 6.45) is 5.25. The molecule has 6 nitrogen and oxygen atoms in total. The molecule has 0 fully saturated rings. The van der Waals surface area contributed by atoms with E-state index in [1.54, 1.807) is 19.4 Å². The van der Waals surface area contributed by atoms with E-state index in [0.29, 0.717) is 6.54 Å².